The van der Waals surface area contributed by atoms with Gasteiger partial charge in [0, 0.05) is 30.1 Å². The molecule has 1 aliphatic heterocycles. The van der Waals surface area contributed by atoms with Crippen LogP contribution in [0.2, 0.25) is 0 Å². The van der Waals surface area contributed by atoms with Gasteiger partial charge < -0.3 is 14.9 Å². The molecule has 188 valence electrons. The van der Waals surface area contributed by atoms with E-state index in [0.717, 1.165) is 16.3 Å². The number of aromatic nitrogens is 1. The lowest BCUT2D eigenvalue weighted by molar-refractivity contribution is -0.154. The van der Waals surface area contributed by atoms with Crippen LogP contribution in [0.1, 0.15) is 71.0 Å². The number of aliphatic hydroxyl groups excluding tert-OH is 2. The molecule has 0 saturated carbocycles. The zero-order valence-electron chi connectivity index (χ0n) is 20.9. The standard InChI is InChI=1S/C26H37NO6S/c1-15(12-19-14-34-18(4)27-19)21-11-9-7-8-10-20(28)16(2)24(31)17(3)25(32)26(5,6)22(29)13-23(30)33-21/h7,9,12,14,16-17,21-22,24,29,31H,8,10-11,13H2,1-6H3/b9-7+,15-12+. The fraction of sp³-hybridized carbons (Fsp3) is 0.615. The van der Waals surface area contributed by atoms with E-state index < -0.39 is 47.3 Å². The van der Waals surface area contributed by atoms with Gasteiger partial charge in [-0.15, -0.1) is 11.3 Å². The predicted octanol–water partition coefficient (Wildman–Crippen LogP) is 4.06. The second-order valence-corrected chi connectivity index (χ2v) is 10.8. The molecule has 2 rings (SSSR count). The quantitative estimate of drug-likeness (QED) is 0.474. The van der Waals surface area contributed by atoms with Crippen molar-refractivity contribution < 1.29 is 29.3 Å². The van der Waals surface area contributed by atoms with Gasteiger partial charge in [-0.25, -0.2) is 4.98 Å². The van der Waals surface area contributed by atoms with Crippen LogP contribution in [0.15, 0.2) is 23.1 Å². The number of hydrogen-bond donors (Lipinski definition) is 2. The Hall–Kier alpha value is -2.16. The van der Waals surface area contributed by atoms with Gasteiger partial charge in [0.25, 0.3) is 0 Å². The fourth-order valence-electron chi connectivity index (χ4n) is 4.04. The van der Waals surface area contributed by atoms with Gasteiger partial charge in [0.1, 0.15) is 17.7 Å². The summed E-state index contributed by atoms with van der Waals surface area (Å²) in [5, 5.41) is 24.3. The highest BCUT2D eigenvalue weighted by atomic mass is 32.1. The Labute approximate surface area is 205 Å². The van der Waals surface area contributed by atoms with E-state index in [9.17, 15) is 24.6 Å². The fourth-order valence-corrected chi connectivity index (χ4v) is 4.61. The lowest BCUT2D eigenvalue weighted by atomic mass is 9.73. The zero-order valence-corrected chi connectivity index (χ0v) is 21.7. The number of esters is 1. The van der Waals surface area contributed by atoms with Crippen LogP contribution in [0.4, 0.5) is 0 Å². The van der Waals surface area contributed by atoms with Crippen LogP contribution >= 0.6 is 11.3 Å². The van der Waals surface area contributed by atoms with Crippen molar-refractivity contribution in [3.05, 3.63) is 33.8 Å². The lowest BCUT2D eigenvalue weighted by Crippen LogP contribution is -2.46. The number of ether oxygens (including phenoxy) is 1. The Morgan fingerprint density at radius 2 is 1.85 bits per heavy atom. The first kappa shape index (κ1) is 28.1. The Kier molecular flexibility index (Phi) is 9.91. The number of aliphatic hydroxyl groups is 2. The number of nitrogens with zero attached hydrogens (tertiary/aromatic N) is 1. The van der Waals surface area contributed by atoms with E-state index in [0.29, 0.717) is 12.8 Å². The number of thiazole rings is 1. The summed E-state index contributed by atoms with van der Waals surface area (Å²) in [5.74, 6) is -2.73. The van der Waals surface area contributed by atoms with Crippen LogP contribution in [0.3, 0.4) is 0 Å². The minimum Gasteiger partial charge on any atom is -0.457 e. The van der Waals surface area contributed by atoms with E-state index in [1.807, 2.05) is 37.5 Å². The van der Waals surface area contributed by atoms with E-state index in [1.165, 1.54) is 11.3 Å². The Morgan fingerprint density at radius 1 is 1.18 bits per heavy atom. The maximum absolute atomic E-state index is 13.1. The van der Waals surface area contributed by atoms with Crippen molar-refractivity contribution in [2.75, 3.05) is 0 Å². The van der Waals surface area contributed by atoms with Crippen molar-refractivity contribution in [1.82, 2.24) is 4.98 Å². The average molecular weight is 492 g/mol. The minimum atomic E-state index is -1.31. The van der Waals surface area contributed by atoms with E-state index in [-0.39, 0.29) is 18.6 Å². The van der Waals surface area contributed by atoms with Crippen molar-refractivity contribution >= 4 is 34.9 Å². The maximum atomic E-state index is 13.1. The molecule has 2 heterocycles. The first-order chi connectivity index (χ1) is 15.8. The van der Waals surface area contributed by atoms with Gasteiger partial charge in [-0.3, -0.25) is 14.4 Å². The Balaban J connectivity index is 2.32. The van der Waals surface area contributed by atoms with Gasteiger partial charge >= 0.3 is 5.97 Å². The molecule has 0 saturated heterocycles. The predicted molar refractivity (Wildman–Crippen MR) is 132 cm³/mol. The summed E-state index contributed by atoms with van der Waals surface area (Å²) < 4.78 is 5.71. The summed E-state index contributed by atoms with van der Waals surface area (Å²) in [6.07, 6.45) is 3.31. The second kappa shape index (κ2) is 12.0. The van der Waals surface area contributed by atoms with Gasteiger partial charge in [-0.05, 0) is 31.9 Å². The molecule has 8 heteroatoms. The lowest BCUT2D eigenvalue weighted by Gasteiger charge is -2.34. The third kappa shape index (κ3) is 7.17. The number of allylic oxidation sites excluding steroid dienone is 1. The molecule has 34 heavy (non-hydrogen) atoms. The largest absolute Gasteiger partial charge is 0.457 e. The molecule has 1 aliphatic rings. The minimum absolute atomic E-state index is 0.125. The third-order valence-electron chi connectivity index (χ3n) is 6.64. The normalized spacial score (nSPS) is 31.2. The number of carbonyl (C=O) groups excluding carboxylic acids is 3. The van der Waals surface area contributed by atoms with Crippen LogP contribution in [0.5, 0.6) is 0 Å². The highest BCUT2D eigenvalue weighted by Gasteiger charge is 2.43. The van der Waals surface area contributed by atoms with Crippen LogP contribution in [-0.2, 0) is 19.1 Å². The van der Waals surface area contributed by atoms with E-state index in [1.54, 1.807) is 27.7 Å². The SMILES string of the molecule is C/C(=C\c1csc(C)n1)C1C/C=C/CCC(=O)C(C)C(O)C(C)C(=O)C(C)(C)C(O)CC(=O)O1. The summed E-state index contributed by atoms with van der Waals surface area (Å²) in [4.78, 5) is 42.9. The molecule has 5 atom stereocenters. The van der Waals surface area contributed by atoms with Crippen molar-refractivity contribution in [1.29, 1.82) is 0 Å². The molecule has 1 aromatic rings. The van der Waals surface area contributed by atoms with E-state index in [4.69, 9.17) is 4.74 Å². The molecule has 2 N–H and O–H groups in total. The number of rotatable bonds is 2. The van der Waals surface area contributed by atoms with Gasteiger partial charge in [0.15, 0.2) is 0 Å². The molecule has 0 fully saturated rings. The van der Waals surface area contributed by atoms with Crippen LogP contribution in [-0.4, -0.2) is 51.0 Å². The molecule has 0 amide bonds. The van der Waals surface area contributed by atoms with Crippen molar-refractivity contribution in [2.24, 2.45) is 17.3 Å². The zero-order chi connectivity index (χ0) is 25.6. The summed E-state index contributed by atoms with van der Waals surface area (Å²) in [6, 6.07) is 0. The summed E-state index contributed by atoms with van der Waals surface area (Å²) in [6.45, 7) is 10.0. The van der Waals surface area contributed by atoms with Crippen LogP contribution in [0.25, 0.3) is 6.08 Å². The number of cyclic esters (lactones) is 1. The Morgan fingerprint density at radius 3 is 2.47 bits per heavy atom. The Bertz CT molecular complexity index is 947. The number of hydrogen-bond acceptors (Lipinski definition) is 8. The molecule has 0 bridgehead atoms. The van der Waals surface area contributed by atoms with Gasteiger partial charge in [0.05, 0.1) is 34.7 Å². The molecule has 7 nitrogen and oxygen atoms in total. The number of aryl methyl sites for hydroxylation is 1. The smallest absolute Gasteiger partial charge is 0.309 e. The van der Waals surface area contributed by atoms with Crippen molar-refractivity contribution in [3.8, 4) is 0 Å². The second-order valence-electron chi connectivity index (χ2n) is 9.74. The van der Waals surface area contributed by atoms with Gasteiger partial charge in [-0.2, -0.15) is 0 Å². The summed E-state index contributed by atoms with van der Waals surface area (Å²) >= 11 is 1.53. The molecule has 0 aliphatic carbocycles. The monoisotopic (exact) mass is 491 g/mol. The number of Topliss-reactive ketones (excluding diaryl/α,β-unsaturated/α-hetero) is 2. The van der Waals surface area contributed by atoms with Crippen LogP contribution in [0, 0.1) is 24.2 Å². The topological polar surface area (TPSA) is 114 Å². The van der Waals surface area contributed by atoms with Crippen LogP contribution < -0.4 is 0 Å². The number of ketones is 2. The summed E-state index contributed by atoms with van der Waals surface area (Å²) in [5.41, 5.74) is 0.277. The highest BCUT2D eigenvalue weighted by Crippen LogP contribution is 2.32. The van der Waals surface area contributed by atoms with Crippen molar-refractivity contribution in [2.45, 2.75) is 85.5 Å². The first-order valence-corrected chi connectivity index (χ1v) is 12.6. The van der Waals surface area contributed by atoms with E-state index in [2.05, 4.69) is 4.98 Å². The molecule has 1 aromatic heterocycles. The molecule has 0 spiro atoms. The third-order valence-corrected chi connectivity index (χ3v) is 7.43. The first-order valence-electron chi connectivity index (χ1n) is 11.7. The van der Waals surface area contributed by atoms with Crippen molar-refractivity contribution in [3.63, 3.8) is 0 Å². The van der Waals surface area contributed by atoms with Gasteiger partial charge in [-0.1, -0.05) is 39.8 Å². The maximum Gasteiger partial charge on any atom is 0.309 e. The molecule has 0 radical (unpaired) electrons. The average Bonchev–Trinajstić information content (AvgIpc) is 3.19. The van der Waals surface area contributed by atoms with E-state index >= 15 is 0 Å². The molecular weight excluding hydrogens is 454 g/mol. The molecular formula is C26H37NO6S. The highest BCUT2D eigenvalue weighted by molar-refractivity contribution is 7.09. The summed E-state index contributed by atoms with van der Waals surface area (Å²) in [7, 11) is 0. The number of carbonyl (C=O) groups is 3. The molecule has 5 unspecified atom stereocenters. The van der Waals surface area contributed by atoms with Gasteiger partial charge in [0.2, 0.25) is 0 Å². The molecule has 0 aromatic carbocycles.